The number of halogens is 4. The Morgan fingerprint density at radius 2 is 2.00 bits per heavy atom. The van der Waals surface area contributed by atoms with E-state index in [2.05, 4.69) is 26.0 Å². The number of benzene rings is 1. The number of rotatable bonds is 3. The van der Waals surface area contributed by atoms with Crippen LogP contribution in [0.15, 0.2) is 39.5 Å². The Labute approximate surface area is 124 Å². The maximum absolute atomic E-state index is 12.2. The van der Waals surface area contributed by atoms with E-state index in [0.717, 1.165) is 9.85 Å². The van der Waals surface area contributed by atoms with Crippen LogP contribution in [0.5, 0.6) is 5.75 Å². The zero-order valence-electron chi connectivity index (χ0n) is 9.70. The van der Waals surface area contributed by atoms with Crippen molar-refractivity contribution in [2.45, 2.75) is 6.36 Å². The molecule has 0 unspecified atom stereocenters. The highest BCUT2D eigenvalue weighted by atomic mass is 79.9. The Balaban J connectivity index is 2.19. The van der Waals surface area contributed by atoms with E-state index in [4.69, 9.17) is 0 Å². The molecule has 2 rings (SSSR count). The third-order valence-corrected chi connectivity index (χ3v) is 3.70. The van der Waals surface area contributed by atoms with Crippen molar-refractivity contribution >= 4 is 38.9 Å². The van der Waals surface area contributed by atoms with Gasteiger partial charge in [-0.05, 0) is 34.1 Å². The van der Waals surface area contributed by atoms with Gasteiger partial charge in [-0.3, -0.25) is 4.79 Å². The van der Waals surface area contributed by atoms with E-state index in [1.54, 1.807) is 11.4 Å². The normalized spacial score (nSPS) is 11.2. The van der Waals surface area contributed by atoms with Crippen LogP contribution in [0.1, 0.15) is 10.4 Å². The lowest BCUT2D eigenvalue weighted by atomic mass is 10.2. The summed E-state index contributed by atoms with van der Waals surface area (Å²) in [4.78, 5) is 11.9. The average Bonchev–Trinajstić information content (AvgIpc) is 2.77. The number of nitrogens with one attached hydrogen (secondary N) is 1. The molecule has 1 aromatic heterocycles. The Kier molecular flexibility index (Phi) is 4.34. The number of hydrogen-bond donors (Lipinski definition) is 1. The molecule has 3 nitrogen and oxygen atoms in total. The summed E-state index contributed by atoms with van der Waals surface area (Å²) in [5.41, 5.74) is 0.306. The van der Waals surface area contributed by atoms with Crippen LogP contribution in [-0.4, -0.2) is 12.3 Å². The first kappa shape index (κ1) is 14.9. The third-order valence-electron chi connectivity index (χ3n) is 2.19. The second-order valence-corrected chi connectivity index (χ2v) is 5.93. The first-order chi connectivity index (χ1) is 9.35. The van der Waals surface area contributed by atoms with E-state index in [0.29, 0.717) is 5.56 Å². The van der Waals surface area contributed by atoms with Crippen molar-refractivity contribution in [3.8, 4) is 5.75 Å². The van der Waals surface area contributed by atoms with Crippen molar-refractivity contribution in [3.63, 3.8) is 0 Å². The molecule has 0 saturated heterocycles. The fourth-order valence-electron chi connectivity index (χ4n) is 1.41. The Bertz CT molecular complexity index is 627. The summed E-state index contributed by atoms with van der Waals surface area (Å²) in [6.07, 6.45) is -4.81. The molecular formula is C12H7BrF3NO2S. The van der Waals surface area contributed by atoms with Gasteiger partial charge in [-0.1, -0.05) is 12.1 Å². The van der Waals surface area contributed by atoms with Gasteiger partial charge in [0.25, 0.3) is 5.91 Å². The van der Waals surface area contributed by atoms with Crippen LogP contribution in [0.4, 0.5) is 18.9 Å². The van der Waals surface area contributed by atoms with E-state index in [1.165, 1.54) is 29.5 Å². The van der Waals surface area contributed by atoms with Gasteiger partial charge in [-0.15, -0.1) is 24.5 Å². The number of carbonyl (C=O) groups is 1. The van der Waals surface area contributed by atoms with Gasteiger partial charge < -0.3 is 10.1 Å². The molecule has 0 fully saturated rings. The Hall–Kier alpha value is -1.54. The van der Waals surface area contributed by atoms with E-state index < -0.39 is 18.0 Å². The predicted octanol–water partition coefficient (Wildman–Crippen LogP) is 4.66. The molecule has 0 bridgehead atoms. The second-order valence-electron chi connectivity index (χ2n) is 3.64. The smallest absolute Gasteiger partial charge is 0.404 e. The van der Waals surface area contributed by atoms with Gasteiger partial charge in [0.2, 0.25) is 0 Å². The maximum Gasteiger partial charge on any atom is 0.573 e. The fraction of sp³-hybridized carbons (Fsp3) is 0.0833. The number of para-hydroxylation sites is 2. The summed E-state index contributed by atoms with van der Waals surface area (Å²) >= 11 is 4.51. The highest BCUT2D eigenvalue weighted by molar-refractivity contribution is 9.11. The number of ether oxygens (including phenoxy) is 1. The molecule has 1 heterocycles. The summed E-state index contributed by atoms with van der Waals surface area (Å²) in [6.45, 7) is 0. The van der Waals surface area contributed by atoms with Crippen molar-refractivity contribution in [3.05, 3.63) is 45.1 Å². The van der Waals surface area contributed by atoms with Gasteiger partial charge in [0, 0.05) is 5.38 Å². The molecule has 2 aromatic rings. The molecule has 0 saturated carbocycles. The largest absolute Gasteiger partial charge is 0.573 e. The van der Waals surface area contributed by atoms with Crippen LogP contribution in [-0.2, 0) is 0 Å². The molecule has 20 heavy (non-hydrogen) atoms. The molecule has 0 aliphatic rings. The minimum Gasteiger partial charge on any atom is -0.404 e. The second kappa shape index (κ2) is 5.84. The minimum atomic E-state index is -4.81. The average molecular weight is 366 g/mol. The topological polar surface area (TPSA) is 38.3 Å². The predicted molar refractivity (Wildman–Crippen MR) is 73.1 cm³/mol. The summed E-state index contributed by atoms with van der Waals surface area (Å²) in [5, 5.41) is 3.97. The number of carbonyl (C=O) groups excluding carboxylic acids is 1. The number of hydrogen-bond acceptors (Lipinski definition) is 3. The third kappa shape index (κ3) is 3.97. The van der Waals surface area contributed by atoms with E-state index in [9.17, 15) is 18.0 Å². The van der Waals surface area contributed by atoms with Gasteiger partial charge in [0.15, 0.2) is 5.75 Å². The molecule has 106 valence electrons. The summed E-state index contributed by atoms with van der Waals surface area (Å²) < 4.78 is 41.3. The quantitative estimate of drug-likeness (QED) is 0.858. The van der Waals surface area contributed by atoms with E-state index in [1.807, 2.05) is 0 Å². The van der Waals surface area contributed by atoms with Crippen LogP contribution in [0, 0.1) is 0 Å². The summed E-state index contributed by atoms with van der Waals surface area (Å²) in [5.74, 6) is -0.965. The van der Waals surface area contributed by atoms with Crippen LogP contribution < -0.4 is 10.1 Å². The fourth-order valence-corrected chi connectivity index (χ4v) is 2.54. The molecule has 0 atom stereocenters. The van der Waals surface area contributed by atoms with Crippen molar-refractivity contribution in [1.82, 2.24) is 0 Å². The highest BCUT2D eigenvalue weighted by Crippen LogP contribution is 2.30. The molecule has 1 amide bonds. The number of anilines is 1. The molecular weight excluding hydrogens is 359 g/mol. The van der Waals surface area contributed by atoms with Crippen molar-refractivity contribution in [1.29, 1.82) is 0 Å². The zero-order chi connectivity index (χ0) is 14.8. The Morgan fingerprint density at radius 3 is 2.60 bits per heavy atom. The van der Waals surface area contributed by atoms with Crippen LogP contribution >= 0.6 is 27.3 Å². The maximum atomic E-state index is 12.2. The highest BCUT2D eigenvalue weighted by Gasteiger charge is 2.32. The lowest BCUT2D eigenvalue weighted by Crippen LogP contribution is -2.19. The van der Waals surface area contributed by atoms with Gasteiger partial charge in [0.1, 0.15) is 0 Å². The van der Waals surface area contributed by atoms with Gasteiger partial charge in [0.05, 0.1) is 15.0 Å². The van der Waals surface area contributed by atoms with Crippen LogP contribution in [0.3, 0.4) is 0 Å². The van der Waals surface area contributed by atoms with Gasteiger partial charge >= 0.3 is 6.36 Å². The molecule has 0 aliphatic carbocycles. The Morgan fingerprint density at radius 1 is 1.30 bits per heavy atom. The van der Waals surface area contributed by atoms with Crippen molar-refractivity contribution in [2.24, 2.45) is 0 Å². The standard InChI is InChI=1S/C12H7BrF3NO2S/c13-10-5-7(6-20-10)11(18)17-8-3-1-2-4-9(8)19-12(14,15)16/h1-6H,(H,17,18). The molecule has 1 aromatic carbocycles. The first-order valence-corrected chi connectivity index (χ1v) is 6.92. The number of amides is 1. The van der Waals surface area contributed by atoms with Gasteiger partial charge in [-0.25, -0.2) is 0 Å². The minimum absolute atomic E-state index is 0.0443. The lowest BCUT2D eigenvalue weighted by Gasteiger charge is -2.13. The summed E-state index contributed by atoms with van der Waals surface area (Å²) in [7, 11) is 0. The van der Waals surface area contributed by atoms with Crippen LogP contribution in [0.2, 0.25) is 0 Å². The van der Waals surface area contributed by atoms with Crippen molar-refractivity contribution in [2.75, 3.05) is 5.32 Å². The van der Waals surface area contributed by atoms with Crippen LogP contribution in [0.25, 0.3) is 0 Å². The number of alkyl halides is 3. The molecule has 1 N–H and O–H groups in total. The lowest BCUT2D eigenvalue weighted by molar-refractivity contribution is -0.274. The monoisotopic (exact) mass is 365 g/mol. The van der Waals surface area contributed by atoms with Gasteiger partial charge in [-0.2, -0.15) is 0 Å². The van der Waals surface area contributed by atoms with Crippen molar-refractivity contribution < 1.29 is 22.7 Å². The number of thiophene rings is 1. The molecule has 8 heteroatoms. The first-order valence-electron chi connectivity index (χ1n) is 5.25. The zero-order valence-corrected chi connectivity index (χ0v) is 12.1. The van der Waals surface area contributed by atoms with E-state index >= 15 is 0 Å². The molecule has 0 spiro atoms. The molecule has 0 radical (unpaired) electrons. The SMILES string of the molecule is O=C(Nc1ccccc1OC(F)(F)F)c1csc(Br)c1. The summed E-state index contributed by atoms with van der Waals surface area (Å²) in [6, 6.07) is 6.93. The molecule has 0 aliphatic heterocycles. The van der Waals surface area contributed by atoms with E-state index in [-0.39, 0.29) is 5.69 Å².